The number of amides is 1. The van der Waals surface area contributed by atoms with Crippen molar-refractivity contribution in [3.05, 3.63) is 77.9 Å². The van der Waals surface area contributed by atoms with Gasteiger partial charge in [0.15, 0.2) is 0 Å². The van der Waals surface area contributed by atoms with Crippen LogP contribution in [-0.2, 0) is 11.2 Å². The Bertz CT molecular complexity index is 835. The summed E-state index contributed by atoms with van der Waals surface area (Å²) in [7, 11) is 0. The third-order valence-electron chi connectivity index (χ3n) is 4.19. The van der Waals surface area contributed by atoms with Gasteiger partial charge in [0.25, 0.3) is 0 Å². The summed E-state index contributed by atoms with van der Waals surface area (Å²) >= 11 is 0. The van der Waals surface area contributed by atoms with E-state index in [1.165, 1.54) is 11.1 Å². The Morgan fingerprint density at radius 1 is 0.960 bits per heavy atom. The van der Waals surface area contributed by atoms with Gasteiger partial charge in [-0.15, -0.1) is 0 Å². The molecule has 0 aliphatic rings. The minimum absolute atomic E-state index is 0.0575. The molecule has 0 heterocycles. The SMILES string of the molecule is Cc1ccc(CCC(=O)NCCOc2cccc3ccccc23)cc1. The molecule has 0 atom stereocenters. The summed E-state index contributed by atoms with van der Waals surface area (Å²) in [5.41, 5.74) is 2.42. The highest BCUT2D eigenvalue weighted by Crippen LogP contribution is 2.24. The molecule has 0 unspecified atom stereocenters. The molecule has 128 valence electrons. The first-order valence-corrected chi connectivity index (χ1v) is 8.65. The predicted octanol–water partition coefficient (Wildman–Crippen LogP) is 4.28. The number of carbonyl (C=O) groups is 1. The van der Waals surface area contributed by atoms with Gasteiger partial charge in [-0.25, -0.2) is 0 Å². The van der Waals surface area contributed by atoms with Crippen molar-refractivity contribution < 1.29 is 9.53 Å². The second-order valence-electron chi connectivity index (χ2n) is 6.16. The second kappa shape index (κ2) is 8.34. The standard InChI is InChI=1S/C22H23NO2/c1-17-9-11-18(12-10-17)13-14-22(24)23-15-16-25-21-8-4-6-19-5-2-3-7-20(19)21/h2-12H,13-16H2,1H3,(H,23,24). The first-order chi connectivity index (χ1) is 12.2. The largest absolute Gasteiger partial charge is 0.491 e. The van der Waals surface area contributed by atoms with E-state index in [9.17, 15) is 4.79 Å². The van der Waals surface area contributed by atoms with Gasteiger partial charge in [0, 0.05) is 11.8 Å². The van der Waals surface area contributed by atoms with E-state index in [1.807, 2.05) is 30.3 Å². The third-order valence-corrected chi connectivity index (χ3v) is 4.19. The Balaban J connectivity index is 1.42. The number of rotatable bonds is 7. The molecule has 0 aliphatic carbocycles. The highest BCUT2D eigenvalue weighted by molar-refractivity contribution is 5.88. The lowest BCUT2D eigenvalue weighted by atomic mass is 10.1. The number of nitrogens with one attached hydrogen (secondary N) is 1. The van der Waals surface area contributed by atoms with Crippen LogP contribution in [0.25, 0.3) is 10.8 Å². The highest BCUT2D eigenvalue weighted by Gasteiger charge is 2.04. The van der Waals surface area contributed by atoms with Crippen molar-refractivity contribution in [1.82, 2.24) is 5.32 Å². The molecule has 3 aromatic carbocycles. The van der Waals surface area contributed by atoms with Crippen LogP contribution in [0.1, 0.15) is 17.5 Å². The maximum Gasteiger partial charge on any atom is 0.220 e. The van der Waals surface area contributed by atoms with Gasteiger partial charge in [-0.3, -0.25) is 4.79 Å². The first-order valence-electron chi connectivity index (χ1n) is 8.65. The number of fused-ring (bicyclic) bond motifs is 1. The Morgan fingerprint density at radius 2 is 1.72 bits per heavy atom. The van der Waals surface area contributed by atoms with E-state index in [0.717, 1.165) is 22.9 Å². The Morgan fingerprint density at radius 3 is 2.56 bits per heavy atom. The second-order valence-corrected chi connectivity index (χ2v) is 6.16. The minimum Gasteiger partial charge on any atom is -0.491 e. The fourth-order valence-corrected chi connectivity index (χ4v) is 2.77. The van der Waals surface area contributed by atoms with Crippen LogP contribution in [0.15, 0.2) is 66.7 Å². The average Bonchev–Trinajstić information content (AvgIpc) is 2.65. The number of benzene rings is 3. The van der Waals surface area contributed by atoms with Crippen LogP contribution >= 0.6 is 0 Å². The Labute approximate surface area is 148 Å². The minimum atomic E-state index is 0.0575. The molecule has 3 aromatic rings. The summed E-state index contributed by atoms with van der Waals surface area (Å²) in [5, 5.41) is 5.17. The number of ether oxygens (including phenoxy) is 1. The monoisotopic (exact) mass is 333 g/mol. The highest BCUT2D eigenvalue weighted by atomic mass is 16.5. The molecule has 0 fully saturated rings. The summed E-state index contributed by atoms with van der Waals surface area (Å²) in [6, 6.07) is 22.4. The van der Waals surface area contributed by atoms with Crippen molar-refractivity contribution in [2.75, 3.05) is 13.2 Å². The molecule has 0 radical (unpaired) electrons. The molecule has 0 aromatic heterocycles. The number of hydrogen-bond acceptors (Lipinski definition) is 2. The molecular formula is C22H23NO2. The Kier molecular flexibility index (Phi) is 5.68. The molecule has 0 saturated carbocycles. The van der Waals surface area contributed by atoms with Crippen LogP contribution in [-0.4, -0.2) is 19.1 Å². The van der Waals surface area contributed by atoms with Gasteiger partial charge < -0.3 is 10.1 Å². The summed E-state index contributed by atoms with van der Waals surface area (Å²) in [6.45, 7) is 3.03. The maximum absolute atomic E-state index is 11.9. The Hall–Kier alpha value is -2.81. The van der Waals surface area contributed by atoms with E-state index in [4.69, 9.17) is 4.74 Å². The number of hydrogen-bond donors (Lipinski definition) is 1. The van der Waals surface area contributed by atoms with Crippen LogP contribution in [0.3, 0.4) is 0 Å². The van der Waals surface area contributed by atoms with Crippen LogP contribution in [0.4, 0.5) is 0 Å². The summed E-state index contributed by atoms with van der Waals surface area (Å²) in [4.78, 5) is 11.9. The zero-order chi connectivity index (χ0) is 17.5. The third kappa shape index (κ3) is 4.83. The summed E-state index contributed by atoms with van der Waals surface area (Å²) < 4.78 is 5.83. The van der Waals surface area contributed by atoms with Crippen molar-refractivity contribution in [2.24, 2.45) is 0 Å². The van der Waals surface area contributed by atoms with E-state index >= 15 is 0 Å². The van der Waals surface area contributed by atoms with Crippen LogP contribution in [0.2, 0.25) is 0 Å². The quantitative estimate of drug-likeness (QED) is 0.656. The molecule has 3 heteroatoms. The fraction of sp³-hybridized carbons (Fsp3) is 0.227. The van der Waals surface area contributed by atoms with Gasteiger partial charge in [0.2, 0.25) is 5.91 Å². The van der Waals surface area contributed by atoms with Crippen molar-refractivity contribution in [3.63, 3.8) is 0 Å². The smallest absolute Gasteiger partial charge is 0.220 e. The predicted molar refractivity (Wildman–Crippen MR) is 102 cm³/mol. The van der Waals surface area contributed by atoms with E-state index in [2.05, 4.69) is 48.6 Å². The van der Waals surface area contributed by atoms with Crippen LogP contribution in [0, 0.1) is 6.92 Å². The molecular weight excluding hydrogens is 310 g/mol. The molecule has 3 nitrogen and oxygen atoms in total. The van der Waals surface area contributed by atoms with Gasteiger partial charge in [-0.2, -0.15) is 0 Å². The molecule has 0 spiro atoms. The fourth-order valence-electron chi connectivity index (χ4n) is 2.77. The van der Waals surface area contributed by atoms with E-state index in [1.54, 1.807) is 0 Å². The van der Waals surface area contributed by atoms with Gasteiger partial charge in [-0.1, -0.05) is 66.2 Å². The lowest BCUT2D eigenvalue weighted by Crippen LogP contribution is -2.28. The average molecular weight is 333 g/mol. The first kappa shape index (κ1) is 17.0. The van der Waals surface area contributed by atoms with E-state index in [0.29, 0.717) is 19.6 Å². The molecule has 1 amide bonds. The topological polar surface area (TPSA) is 38.3 Å². The van der Waals surface area contributed by atoms with Crippen molar-refractivity contribution in [2.45, 2.75) is 19.8 Å². The lowest BCUT2D eigenvalue weighted by molar-refractivity contribution is -0.121. The van der Waals surface area contributed by atoms with E-state index in [-0.39, 0.29) is 5.91 Å². The van der Waals surface area contributed by atoms with Gasteiger partial charge in [0.1, 0.15) is 12.4 Å². The van der Waals surface area contributed by atoms with Crippen molar-refractivity contribution in [1.29, 1.82) is 0 Å². The van der Waals surface area contributed by atoms with Crippen molar-refractivity contribution >= 4 is 16.7 Å². The van der Waals surface area contributed by atoms with E-state index < -0.39 is 0 Å². The van der Waals surface area contributed by atoms with Gasteiger partial charge >= 0.3 is 0 Å². The maximum atomic E-state index is 11.9. The van der Waals surface area contributed by atoms with Crippen molar-refractivity contribution in [3.8, 4) is 5.75 Å². The molecule has 25 heavy (non-hydrogen) atoms. The molecule has 0 bridgehead atoms. The number of aryl methyl sites for hydroxylation is 2. The zero-order valence-electron chi connectivity index (χ0n) is 14.5. The molecule has 0 saturated heterocycles. The van der Waals surface area contributed by atoms with Gasteiger partial charge in [-0.05, 0) is 30.4 Å². The molecule has 1 N–H and O–H groups in total. The lowest BCUT2D eigenvalue weighted by Gasteiger charge is -2.10. The molecule has 3 rings (SSSR count). The molecule has 0 aliphatic heterocycles. The van der Waals surface area contributed by atoms with Gasteiger partial charge in [0.05, 0.1) is 6.54 Å². The van der Waals surface area contributed by atoms with Crippen LogP contribution < -0.4 is 10.1 Å². The summed E-state index contributed by atoms with van der Waals surface area (Å²) in [5.74, 6) is 0.911. The zero-order valence-corrected chi connectivity index (χ0v) is 14.5. The normalized spacial score (nSPS) is 10.6. The summed E-state index contributed by atoms with van der Waals surface area (Å²) in [6.07, 6.45) is 1.26. The van der Waals surface area contributed by atoms with Crippen LogP contribution in [0.5, 0.6) is 5.75 Å². The number of carbonyl (C=O) groups excluding carboxylic acids is 1.